The molecule has 4 heteroatoms. The summed E-state index contributed by atoms with van der Waals surface area (Å²) in [5.74, 6) is -0.0132. The Hall–Kier alpha value is -2.33. The van der Waals surface area contributed by atoms with Gasteiger partial charge in [-0.25, -0.2) is 0 Å². The minimum Gasteiger partial charge on any atom is -0.370 e. The van der Waals surface area contributed by atoms with Crippen molar-refractivity contribution in [3.63, 3.8) is 0 Å². The number of carbonyl (C=O) groups is 1. The van der Waals surface area contributed by atoms with Crippen molar-refractivity contribution >= 4 is 5.91 Å². The molecule has 0 spiro atoms. The van der Waals surface area contributed by atoms with Crippen molar-refractivity contribution in [2.24, 2.45) is 0 Å². The van der Waals surface area contributed by atoms with Gasteiger partial charge in [-0.05, 0) is 67.4 Å². The molecule has 3 aliphatic carbocycles. The Balaban J connectivity index is 1.60. The quantitative estimate of drug-likeness (QED) is 0.672. The van der Waals surface area contributed by atoms with Gasteiger partial charge in [-0.2, -0.15) is 0 Å². The van der Waals surface area contributed by atoms with Crippen LogP contribution >= 0.6 is 0 Å². The Bertz CT molecular complexity index is 720. The van der Waals surface area contributed by atoms with Crippen molar-refractivity contribution in [1.82, 2.24) is 10.6 Å². The minimum atomic E-state index is -0.594. The van der Waals surface area contributed by atoms with Crippen LogP contribution in [0.2, 0.25) is 0 Å². The molecule has 0 aromatic carbocycles. The summed E-state index contributed by atoms with van der Waals surface area (Å²) >= 11 is 0. The van der Waals surface area contributed by atoms with Crippen LogP contribution in [0.1, 0.15) is 45.4 Å². The number of hydrogen-bond acceptors (Lipinski definition) is 3. The summed E-state index contributed by atoms with van der Waals surface area (Å²) in [5.41, 5.74) is 5.80. The standard InChI is InChI=1S/C21H26N2O2/c1-15(24)22-19-11-7-16(8-12-19)17-9-13-20(14-10-17)23-21(25)18-5-3-2-4-6-18/h2-3,5,7,9,11,13,21,23,25H,4,6,8,10,12,14H2,1H3,(H,22,24). The molecule has 1 unspecified atom stereocenters. The van der Waals surface area contributed by atoms with Crippen LogP contribution in [0, 0.1) is 0 Å². The number of aliphatic hydroxyl groups is 1. The highest BCUT2D eigenvalue weighted by Gasteiger charge is 2.16. The zero-order valence-corrected chi connectivity index (χ0v) is 14.7. The van der Waals surface area contributed by atoms with Crippen LogP contribution in [0.3, 0.4) is 0 Å². The minimum absolute atomic E-state index is 0.0132. The Morgan fingerprint density at radius 3 is 2.16 bits per heavy atom. The molecule has 0 radical (unpaired) electrons. The van der Waals surface area contributed by atoms with Gasteiger partial charge in [-0.3, -0.25) is 4.79 Å². The lowest BCUT2D eigenvalue weighted by atomic mass is 9.89. The van der Waals surface area contributed by atoms with Crippen molar-refractivity contribution in [2.75, 3.05) is 0 Å². The first-order valence-electron chi connectivity index (χ1n) is 8.99. The molecule has 3 rings (SSSR count). The summed E-state index contributed by atoms with van der Waals surface area (Å²) in [7, 11) is 0. The number of hydrogen-bond donors (Lipinski definition) is 3. The summed E-state index contributed by atoms with van der Waals surface area (Å²) in [6, 6.07) is 0. The van der Waals surface area contributed by atoms with E-state index in [1.54, 1.807) is 0 Å². The van der Waals surface area contributed by atoms with Crippen LogP contribution in [-0.4, -0.2) is 17.2 Å². The van der Waals surface area contributed by atoms with Gasteiger partial charge in [-0.15, -0.1) is 0 Å². The molecule has 132 valence electrons. The molecule has 0 heterocycles. The molecule has 0 aromatic rings. The third kappa shape index (κ3) is 4.83. The van der Waals surface area contributed by atoms with Gasteiger partial charge in [0, 0.05) is 18.3 Å². The van der Waals surface area contributed by atoms with Crippen LogP contribution in [0.4, 0.5) is 0 Å². The molecule has 4 nitrogen and oxygen atoms in total. The van der Waals surface area contributed by atoms with E-state index >= 15 is 0 Å². The predicted octanol–water partition coefficient (Wildman–Crippen LogP) is 3.52. The lowest BCUT2D eigenvalue weighted by molar-refractivity contribution is -0.118. The number of aliphatic hydroxyl groups excluding tert-OH is 1. The highest BCUT2D eigenvalue weighted by molar-refractivity contribution is 5.75. The van der Waals surface area contributed by atoms with Crippen LogP contribution in [0.5, 0.6) is 0 Å². The first-order valence-corrected chi connectivity index (χ1v) is 8.99. The van der Waals surface area contributed by atoms with Crippen LogP contribution in [0.15, 0.2) is 70.6 Å². The fourth-order valence-corrected chi connectivity index (χ4v) is 3.38. The topological polar surface area (TPSA) is 61.4 Å². The van der Waals surface area contributed by atoms with Crippen LogP contribution in [-0.2, 0) is 4.79 Å². The predicted molar refractivity (Wildman–Crippen MR) is 100 cm³/mol. The molecular formula is C21H26N2O2. The Morgan fingerprint density at radius 2 is 1.64 bits per heavy atom. The Morgan fingerprint density at radius 1 is 0.960 bits per heavy atom. The van der Waals surface area contributed by atoms with Gasteiger partial charge < -0.3 is 15.7 Å². The van der Waals surface area contributed by atoms with Crippen LogP contribution < -0.4 is 10.6 Å². The van der Waals surface area contributed by atoms with E-state index in [1.165, 1.54) is 18.1 Å². The van der Waals surface area contributed by atoms with E-state index in [9.17, 15) is 9.90 Å². The molecule has 3 aliphatic rings. The second-order valence-corrected chi connectivity index (χ2v) is 6.70. The lowest BCUT2D eigenvalue weighted by Crippen LogP contribution is -2.31. The van der Waals surface area contributed by atoms with Crippen LogP contribution in [0.25, 0.3) is 0 Å². The van der Waals surface area contributed by atoms with E-state index < -0.39 is 6.23 Å². The number of nitrogens with one attached hydrogen (secondary N) is 2. The van der Waals surface area contributed by atoms with E-state index in [2.05, 4.69) is 34.9 Å². The van der Waals surface area contributed by atoms with E-state index in [4.69, 9.17) is 0 Å². The van der Waals surface area contributed by atoms with E-state index in [1.807, 2.05) is 18.2 Å². The maximum atomic E-state index is 11.1. The molecule has 25 heavy (non-hydrogen) atoms. The van der Waals surface area contributed by atoms with Gasteiger partial charge in [0.15, 0.2) is 0 Å². The van der Waals surface area contributed by atoms with Crippen molar-refractivity contribution < 1.29 is 9.90 Å². The summed E-state index contributed by atoms with van der Waals surface area (Å²) in [6.07, 6.45) is 19.5. The van der Waals surface area contributed by atoms with Crippen molar-refractivity contribution in [1.29, 1.82) is 0 Å². The largest absolute Gasteiger partial charge is 0.370 e. The SMILES string of the molecule is CC(=O)NC1=CC=C(C2=CC=C(NC(O)C3=CC=CCC3)CC2)CC1. The van der Waals surface area contributed by atoms with Gasteiger partial charge in [-0.1, -0.05) is 30.4 Å². The van der Waals surface area contributed by atoms with E-state index in [0.717, 1.165) is 55.5 Å². The second-order valence-electron chi connectivity index (χ2n) is 6.70. The van der Waals surface area contributed by atoms with Gasteiger partial charge in [0.1, 0.15) is 6.23 Å². The maximum Gasteiger partial charge on any atom is 0.220 e. The first-order chi connectivity index (χ1) is 12.1. The molecule has 0 saturated carbocycles. The van der Waals surface area contributed by atoms with Gasteiger partial charge in [0.25, 0.3) is 0 Å². The van der Waals surface area contributed by atoms with E-state index in [0.29, 0.717) is 0 Å². The third-order valence-electron chi connectivity index (χ3n) is 4.77. The van der Waals surface area contributed by atoms with Crippen molar-refractivity contribution in [3.05, 3.63) is 70.6 Å². The molecule has 0 bridgehead atoms. The summed E-state index contributed by atoms with van der Waals surface area (Å²) in [5, 5.41) is 16.4. The first kappa shape index (κ1) is 17.5. The highest BCUT2D eigenvalue weighted by Crippen LogP contribution is 2.29. The molecule has 3 N–H and O–H groups in total. The zero-order chi connectivity index (χ0) is 17.6. The van der Waals surface area contributed by atoms with Gasteiger partial charge in [0.2, 0.25) is 5.91 Å². The highest BCUT2D eigenvalue weighted by atomic mass is 16.3. The molecular weight excluding hydrogens is 312 g/mol. The lowest BCUT2D eigenvalue weighted by Gasteiger charge is -2.24. The van der Waals surface area contributed by atoms with E-state index in [-0.39, 0.29) is 5.91 Å². The monoisotopic (exact) mass is 338 g/mol. The normalized spacial score (nSPS) is 21.3. The number of carbonyl (C=O) groups excluding carboxylic acids is 1. The third-order valence-corrected chi connectivity index (χ3v) is 4.77. The average Bonchev–Trinajstić information content (AvgIpc) is 2.63. The fraction of sp³-hybridized carbons (Fsp3) is 0.381. The molecule has 1 atom stereocenters. The Kier molecular flexibility index (Phi) is 5.71. The van der Waals surface area contributed by atoms with Gasteiger partial charge >= 0.3 is 0 Å². The number of amides is 1. The molecule has 0 saturated heterocycles. The number of rotatable bonds is 5. The summed E-state index contributed by atoms with van der Waals surface area (Å²) < 4.78 is 0. The number of allylic oxidation sites excluding steroid dienone is 11. The summed E-state index contributed by atoms with van der Waals surface area (Å²) in [4.78, 5) is 11.1. The van der Waals surface area contributed by atoms with Crippen molar-refractivity contribution in [2.45, 2.75) is 51.7 Å². The molecule has 0 aromatic heterocycles. The fourth-order valence-electron chi connectivity index (χ4n) is 3.38. The molecule has 1 amide bonds. The Labute approximate surface area is 149 Å². The maximum absolute atomic E-state index is 11.1. The molecule has 0 aliphatic heterocycles. The average molecular weight is 338 g/mol. The summed E-state index contributed by atoms with van der Waals surface area (Å²) in [6.45, 7) is 1.54. The van der Waals surface area contributed by atoms with Crippen molar-refractivity contribution in [3.8, 4) is 0 Å². The smallest absolute Gasteiger partial charge is 0.220 e. The zero-order valence-electron chi connectivity index (χ0n) is 14.7. The van der Waals surface area contributed by atoms with Gasteiger partial charge in [0.05, 0.1) is 0 Å². The second kappa shape index (κ2) is 8.17. The molecule has 0 fully saturated rings.